The molecule has 5 atom stereocenters. The number of phenols is 1. The van der Waals surface area contributed by atoms with E-state index in [1.54, 1.807) is 57.3 Å². The van der Waals surface area contributed by atoms with Crippen molar-refractivity contribution in [3.8, 4) is 17.0 Å². The molecule has 2 aromatic carbocycles. The van der Waals surface area contributed by atoms with Crippen molar-refractivity contribution in [2.45, 2.75) is 67.5 Å². The van der Waals surface area contributed by atoms with Gasteiger partial charge in [0.05, 0.1) is 6.54 Å². The van der Waals surface area contributed by atoms with Crippen LogP contribution in [0.4, 0.5) is 5.69 Å². The number of nitrogens with one attached hydrogen (secondary N) is 2. The number of pyridine rings is 1. The molecule has 4 heterocycles. The summed E-state index contributed by atoms with van der Waals surface area (Å²) in [5, 5.41) is 21.7. The van der Waals surface area contributed by atoms with E-state index in [9.17, 15) is 39.0 Å². The highest BCUT2D eigenvalue weighted by atomic mass is 32.2. The van der Waals surface area contributed by atoms with Gasteiger partial charge >= 0.3 is 5.97 Å². The van der Waals surface area contributed by atoms with Crippen molar-refractivity contribution in [1.82, 2.24) is 19.7 Å². The molecule has 3 saturated heterocycles. The van der Waals surface area contributed by atoms with Crippen molar-refractivity contribution in [3.63, 3.8) is 0 Å². The summed E-state index contributed by atoms with van der Waals surface area (Å²) in [6.07, 6.45) is 0.776. The number of likely N-dealkylation sites (N-methyl/N-ethyl adjacent to an activating group) is 1. The minimum absolute atomic E-state index is 0.0185. The average Bonchev–Trinajstić information content (AvgIpc) is 3.53. The summed E-state index contributed by atoms with van der Waals surface area (Å²) < 4.78 is -0.835. The number of aromatic hydroxyl groups is 1. The van der Waals surface area contributed by atoms with Crippen LogP contribution < -0.4 is 16.6 Å². The maximum atomic E-state index is 14.0. The Morgan fingerprint density at radius 1 is 1.06 bits per heavy atom. The molecule has 3 fully saturated rings. The fourth-order valence-electron chi connectivity index (χ4n) is 6.65. The van der Waals surface area contributed by atoms with Crippen molar-refractivity contribution >= 4 is 47.0 Å². The Morgan fingerprint density at radius 2 is 1.73 bits per heavy atom. The van der Waals surface area contributed by atoms with Gasteiger partial charge in [-0.15, -0.1) is 11.8 Å². The first-order valence-corrected chi connectivity index (χ1v) is 16.5. The van der Waals surface area contributed by atoms with Crippen LogP contribution >= 0.6 is 11.8 Å². The molecule has 3 aromatic rings. The largest absolute Gasteiger partial charge is 0.508 e. The van der Waals surface area contributed by atoms with Crippen LogP contribution in [0.2, 0.25) is 0 Å². The first-order valence-electron chi connectivity index (χ1n) is 15.6. The molecule has 3 aliphatic heterocycles. The molecule has 0 saturated carbocycles. The number of carbonyl (C=O) groups is 5. The fourth-order valence-corrected chi connectivity index (χ4v) is 8.34. The molecule has 0 aliphatic carbocycles. The van der Waals surface area contributed by atoms with Crippen LogP contribution in [-0.2, 0) is 30.5 Å². The van der Waals surface area contributed by atoms with E-state index >= 15 is 0 Å². The third-order valence-electron chi connectivity index (χ3n) is 9.37. The molecule has 4 amide bonds. The van der Waals surface area contributed by atoms with Gasteiger partial charge < -0.3 is 40.9 Å². The number of H-pyrrole nitrogens is 1. The van der Waals surface area contributed by atoms with E-state index in [4.69, 9.17) is 5.73 Å². The predicted octanol–water partition coefficient (Wildman–Crippen LogP) is 1.85. The monoisotopic (exact) mass is 688 g/mol. The number of nitrogens with zero attached hydrogens (tertiary/aromatic N) is 3. The topological polar surface area (TPSA) is 206 Å². The van der Waals surface area contributed by atoms with Crippen LogP contribution in [-0.4, -0.2) is 94.8 Å². The smallest absolute Gasteiger partial charge is 0.327 e. The SMILES string of the molecule is CN1C(=O)CC[C@H]1C(=O)Nc1ccc(-c2ccc(CN(C(=O)C(N)c3ccc(O)cc3)[C@@H]3C(=O)N4[C@@H]3SC(C)(C)[C@@H]4C(=O)O)c(=O)[nH]2)cc1. The summed E-state index contributed by atoms with van der Waals surface area (Å²) in [4.78, 5) is 84.3. The molecule has 256 valence electrons. The number of aromatic nitrogens is 1. The number of carbonyl (C=O) groups excluding carboxylic acids is 4. The van der Waals surface area contributed by atoms with Gasteiger partial charge in [0.25, 0.3) is 5.56 Å². The van der Waals surface area contributed by atoms with Crippen molar-refractivity contribution in [1.29, 1.82) is 0 Å². The number of β-lactam (4-membered cyclic amide) rings is 1. The Labute approximate surface area is 285 Å². The minimum Gasteiger partial charge on any atom is -0.508 e. The number of anilines is 1. The molecule has 3 aliphatic rings. The van der Waals surface area contributed by atoms with Crippen LogP contribution in [0.15, 0.2) is 65.5 Å². The summed E-state index contributed by atoms with van der Waals surface area (Å²) in [5.41, 5.74) is 8.06. The molecule has 6 N–H and O–H groups in total. The standard InChI is InChI=1S/C34H36N6O8S/c1-34(2)27(33(47)48)40-31(46)26(32(40)49-34)39(30(45)25(35)18-6-11-21(41)12-7-18)16-19-8-13-22(37-28(19)43)17-4-9-20(10-5-17)36-29(44)23-14-15-24(42)38(23)3/h4-13,23,25-27,32,41H,14-16,35H2,1-3H3,(H,36,44)(H,37,43)(H,47,48)/t23-,25?,26+,27-,32+/m0/s1. The van der Waals surface area contributed by atoms with E-state index in [1.165, 1.54) is 50.7 Å². The Hall–Kier alpha value is -5.15. The summed E-state index contributed by atoms with van der Waals surface area (Å²) in [7, 11) is 1.60. The van der Waals surface area contributed by atoms with Gasteiger partial charge in [0.2, 0.25) is 23.6 Å². The molecule has 0 radical (unpaired) electrons. The van der Waals surface area contributed by atoms with E-state index < -0.39 is 57.6 Å². The van der Waals surface area contributed by atoms with E-state index in [0.717, 1.165) is 0 Å². The molecule has 1 aromatic heterocycles. The average molecular weight is 689 g/mol. The van der Waals surface area contributed by atoms with Gasteiger partial charge in [-0.2, -0.15) is 0 Å². The van der Waals surface area contributed by atoms with Gasteiger partial charge in [-0.3, -0.25) is 24.0 Å². The summed E-state index contributed by atoms with van der Waals surface area (Å²) in [6, 6.07) is 11.8. The molecule has 49 heavy (non-hydrogen) atoms. The number of nitrogens with two attached hydrogens (primary N) is 1. The highest BCUT2D eigenvalue weighted by Crippen LogP contribution is 2.52. The van der Waals surface area contributed by atoms with Crippen molar-refractivity contribution in [2.24, 2.45) is 5.73 Å². The molecule has 6 rings (SSSR count). The maximum Gasteiger partial charge on any atom is 0.327 e. The highest BCUT2D eigenvalue weighted by Gasteiger charge is 2.66. The molecule has 0 spiro atoms. The first kappa shape index (κ1) is 33.7. The Balaban J connectivity index is 1.23. The number of fused-ring (bicyclic) bond motifs is 1. The molecule has 1 unspecified atom stereocenters. The zero-order chi connectivity index (χ0) is 35.4. The number of carboxylic acid groups (broad SMARTS) is 1. The molecule has 15 heteroatoms. The number of phenolic OH excluding ortho intramolecular Hbond substituents is 1. The fraction of sp³-hybridized carbons (Fsp3) is 0.353. The minimum atomic E-state index is -1.23. The summed E-state index contributed by atoms with van der Waals surface area (Å²) in [6.45, 7) is 3.18. The number of rotatable bonds is 9. The van der Waals surface area contributed by atoms with Crippen LogP contribution in [0.25, 0.3) is 11.3 Å². The van der Waals surface area contributed by atoms with Crippen LogP contribution in [0.5, 0.6) is 5.75 Å². The zero-order valence-corrected chi connectivity index (χ0v) is 27.8. The Morgan fingerprint density at radius 3 is 2.33 bits per heavy atom. The lowest BCUT2D eigenvalue weighted by atomic mass is 9.94. The van der Waals surface area contributed by atoms with Crippen molar-refractivity contribution < 1.29 is 34.2 Å². The second-order valence-electron chi connectivity index (χ2n) is 12.9. The van der Waals surface area contributed by atoms with Crippen molar-refractivity contribution in [2.75, 3.05) is 12.4 Å². The quantitative estimate of drug-likeness (QED) is 0.206. The lowest BCUT2D eigenvalue weighted by molar-refractivity contribution is -0.169. The number of amides is 4. The highest BCUT2D eigenvalue weighted by molar-refractivity contribution is 8.01. The molecular weight excluding hydrogens is 652 g/mol. The summed E-state index contributed by atoms with van der Waals surface area (Å²) >= 11 is 1.27. The van der Waals surface area contributed by atoms with Crippen molar-refractivity contribution in [3.05, 3.63) is 82.1 Å². The number of thioether (sulfide) groups is 1. The van der Waals surface area contributed by atoms with Crippen LogP contribution in [0.1, 0.15) is 43.9 Å². The predicted molar refractivity (Wildman–Crippen MR) is 180 cm³/mol. The summed E-state index contributed by atoms with van der Waals surface area (Å²) in [5.74, 6) is -2.72. The van der Waals surface area contributed by atoms with E-state index in [2.05, 4.69) is 10.3 Å². The zero-order valence-electron chi connectivity index (χ0n) is 27.0. The lowest BCUT2D eigenvalue weighted by Crippen LogP contribution is -2.71. The number of likely N-dealkylation sites (tertiary alicyclic amines) is 1. The normalized spacial score (nSPS) is 23.1. The Kier molecular flexibility index (Phi) is 8.75. The number of aliphatic carboxylic acids is 1. The second kappa shape index (κ2) is 12.7. The van der Waals surface area contributed by atoms with Gasteiger partial charge in [0.1, 0.15) is 35.3 Å². The number of aromatic amines is 1. The first-order chi connectivity index (χ1) is 23.2. The third kappa shape index (κ3) is 6.15. The number of carboxylic acids is 1. The molecule has 14 nitrogen and oxygen atoms in total. The third-order valence-corrected chi connectivity index (χ3v) is 10.9. The van der Waals surface area contributed by atoms with Gasteiger partial charge in [0.15, 0.2) is 0 Å². The van der Waals surface area contributed by atoms with E-state index in [-0.39, 0.29) is 29.7 Å². The van der Waals surface area contributed by atoms with Gasteiger partial charge in [-0.25, -0.2) is 4.79 Å². The van der Waals surface area contributed by atoms with Gasteiger partial charge in [0, 0.05) is 35.2 Å². The lowest BCUT2D eigenvalue weighted by Gasteiger charge is -2.48. The molecule has 0 bridgehead atoms. The van der Waals surface area contributed by atoms with Gasteiger partial charge in [-0.05, 0) is 67.8 Å². The van der Waals surface area contributed by atoms with Gasteiger partial charge in [-0.1, -0.05) is 24.3 Å². The number of hydrogen-bond acceptors (Lipinski definition) is 9. The second-order valence-corrected chi connectivity index (χ2v) is 14.7. The van der Waals surface area contributed by atoms with E-state index in [0.29, 0.717) is 35.3 Å². The maximum absolute atomic E-state index is 14.0. The van der Waals surface area contributed by atoms with E-state index in [1.807, 2.05) is 0 Å². The number of hydrogen-bond donors (Lipinski definition) is 5. The van der Waals surface area contributed by atoms with Crippen LogP contribution in [0.3, 0.4) is 0 Å². The Bertz CT molecular complexity index is 1900. The molecular formula is C34H36N6O8S. The van der Waals surface area contributed by atoms with Crippen LogP contribution in [0, 0.1) is 0 Å². The number of benzene rings is 2.